The molecule has 1 amide bonds. The Morgan fingerprint density at radius 2 is 1.91 bits per heavy atom. The number of amides is 1. The summed E-state index contributed by atoms with van der Waals surface area (Å²) >= 11 is 0. The molecule has 0 heterocycles. The van der Waals surface area contributed by atoms with E-state index in [-0.39, 0.29) is 11.4 Å². The van der Waals surface area contributed by atoms with E-state index in [4.69, 9.17) is 4.74 Å². The first-order chi connectivity index (χ1) is 10.5. The highest BCUT2D eigenvalue weighted by atomic mass is 19.1. The van der Waals surface area contributed by atoms with E-state index in [0.29, 0.717) is 0 Å². The van der Waals surface area contributed by atoms with E-state index < -0.39 is 34.8 Å². The van der Waals surface area contributed by atoms with Gasteiger partial charge in [0.1, 0.15) is 11.6 Å². The van der Waals surface area contributed by atoms with Gasteiger partial charge in [-0.1, -0.05) is 6.07 Å². The molecule has 0 aromatic heterocycles. The maximum Gasteiger partial charge on any atom is 0.311 e. The van der Waals surface area contributed by atoms with Crippen molar-refractivity contribution in [2.45, 2.75) is 0 Å². The summed E-state index contributed by atoms with van der Waals surface area (Å²) in [5.41, 5.74) is -0.248. The summed E-state index contributed by atoms with van der Waals surface area (Å²) in [4.78, 5) is 21.7. The van der Waals surface area contributed by atoms with E-state index in [0.717, 1.165) is 24.3 Å². The van der Waals surface area contributed by atoms with Gasteiger partial charge in [0.05, 0.1) is 4.92 Å². The SMILES string of the molecule is O=C(COc1cc(F)ccc1[N+](=O)[O-])Nc1cccc(F)c1. The van der Waals surface area contributed by atoms with Crippen molar-refractivity contribution in [3.63, 3.8) is 0 Å². The molecular weight excluding hydrogens is 298 g/mol. The topological polar surface area (TPSA) is 81.5 Å². The Hall–Kier alpha value is -3.03. The van der Waals surface area contributed by atoms with E-state index in [1.54, 1.807) is 0 Å². The van der Waals surface area contributed by atoms with Crippen LogP contribution in [0.15, 0.2) is 42.5 Å². The van der Waals surface area contributed by atoms with Crippen molar-refractivity contribution in [2.24, 2.45) is 0 Å². The standard InChI is InChI=1S/C14H10F2N2O4/c15-9-2-1-3-11(6-9)17-14(19)8-22-13-7-10(16)4-5-12(13)18(20)21/h1-7H,8H2,(H,17,19). The van der Waals surface area contributed by atoms with Crippen LogP contribution in [0.1, 0.15) is 0 Å². The molecule has 0 aliphatic rings. The zero-order chi connectivity index (χ0) is 16.1. The number of nitrogens with zero attached hydrogens (tertiary/aromatic N) is 1. The van der Waals surface area contributed by atoms with Gasteiger partial charge < -0.3 is 10.1 Å². The molecule has 0 radical (unpaired) electrons. The summed E-state index contributed by atoms with van der Waals surface area (Å²) in [7, 11) is 0. The number of anilines is 1. The van der Waals surface area contributed by atoms with Crippen molar-refractivity contribution in [1.29, 1.82) is 0 Å². The number of carbonyl (C=O) groups is 1. The van der Waals surface area contributed by atoms with Crippen molar-refractivity contribution in [3.05, 3.63) is 64.2 Å². The van der Waals surface area contributed by atoms with E-state index in [2.05, 4.69) is 5.32 Å². The molecule has 22 heavy (non-hydrogen) atoms. The predicted octanol–water partition coefficient (Wildman–Crippen LogP) is 2.89. The van der Waals surface area contributed by atoms with E-state index in [9.17, 15) is 23.7 Å². The Labute approximate surface area is 123 Å². The normalized spacial score (nSPS) is 10.1. The zero-order valence-corrected chi connectivity index (χ0v) is 11.1. The van der Waals surface area contributed by atoms with Gasteiger partial charge in [-0.2, -0.15) is 0 Å². The molecule has 0 saturated carbocycles. The van der Waals surface area contributed by atoms with Crippen LogP contribution in [0.5, 0.6) is 5.75 Å². The molecule has 2 aromatic carbocycles. The zero-order valence-electron chi connectivity index (χ0n) is 11.1. The smallest absolute Gasteiger partial charge is 0.311 e. The molecule has 0 spiro atoms. The van der Waals surface area contributed by atoms with Gasteiger partial charge in [0.15, 0.2) is 6.61 Å². The van der Waals surface area contributed by atoms with Crippen molar-refractivity contribution in [3.8, 4) is 5.75 Å². The Bertz CT molecular complexity index is 722. The molecule has 0 bridgehead atoms. The molecule has 2 rings (SSSR count). The molecule has 8 heteroatoms. The number of hydrogen-bond donors (Lipinski definition) is 1. The minimum absolute atomic E-state index is 0.211. The number of ether oxygens (including phenoxy) is 1. The number of halogens is 2. The van der Waals surface area contributed by atoms with Gasteiger partial charge in [-0.15, -0.1) is 0 Å². The lowest BCUT2D eigenvalue weighted by molar-refractivity contribution is -0.385. The second-order valence-electron chi connectivity index (χ2n) is 4.22. The highest BCUT2D eigenvalue weighted by molar-refractivity contribution is 5.91. The molecule has 0 unspecified atom stereocenters. The first-order valence-corrected chi connectivity index (χ1v) is 6.08. The quantitative estimate of drug-likeness (QED) is 0.680. The van der Waals surface area contributed by atoms with Crippen LogP contribution < -0.4 is 10.1 Å². The minimum atomic E-state index is -0.751. The fourth-order valence-corrected chi connectivity index (χ4v) is 1.66. The number of nitro groups is 1. The molecule has 0 aliphatic heterocycles. The Morgan fingerprint density at radius 1 is 1.18 bits per heavy atom. The van der Waals surface area contributed by atoms with Gasteiger partial charge in [-0.25, -0.2) is 8.78 Å². The van der Waals surface area contributed by atoms with Crippen molar-refractivity contribution < 1.29 is 23.2 Å². The maximum atomic E-state index is 13.1. The maximum absolute atomic E-state index is 13.1. The second kappa shape index (κ2) is 6.61. The first-order valence-electron chi connectivity index (χ1n) is 6.08. The van der Waals surface area contributed by atoms with Gasteiger partial charge in [-0.3, -0.25) is 14.9 Å². The number of benzene rings is 2. The number of nitro benzene ring substituents is 1. The van der Waals surface area contributed by atoms with E-state index in [1.807, 2.05) is 0 Å². The fourth-order valence-electron chi connectivity index (χ4n) is 1.66. The first kappa shape index (κ1) is 15.4. The molecule has 0 aliphatic carbocycles. The lowest BCUT2D eigenvalue weighted by Crippen LogP contribution is -2.20. The van der Waals surface area contributed by atoms with Crippen LogP contribution in [-0.2, 0) is 4.79 Å². The third-order valence-electron chi connectivity index (χ3n) is 2.59. The summed E-state index contributed by atoms with van der Waals surface area (Å²) in [6, 6.07) is 7.85. The Balaban J connectivity index is 2.02. The number of rotatable bonds is 5. The van der Waals surface area contributed by atoms with Crippen LogP contribution in [-0.4, -0.2) is 17.4 Å². The Kier molecular flexibility index (Phi) is 4.62. The van der Waals surface area contributed by atoms with E-state index in [1.165, 1.54) is 18.2 Å². The van der Waals surface area contributed by atoms with Crippen LogP contribution >= 0.6 is 0 Å². The summed E-state index contributed by atoms with van der Waals surface area (Å²) in [6.07, 6.45) is 0. The molecule has 6 nitrogen and oxygen atoms in total. The van der Waals surface area contributed by atoms with Crippen LogP contribution in [0.4, 0.5) is 20.2 Å². The minimum Gasteiger partial charge on any atom is -0.477 e. The van der Waals surface area contributed by atoms with Crippen LogP contribution in [0.3, 0.4) is 0 Å². The molecule has 2 aromatic rings. The number of hydrogen-bond acceptors (Lipinski definition) is 4. The summed E-state index contributed by atoms with van der Waals surface area (Å²) < 4.78 is 31.0. The molecular formula is C14H10F2N2O4. The van der Waals surface area contributed by atoms with Crippen LogP contribution in [0.25, 0.3) is 0 Å². The lowest BCUT2D eigenvalue weighted by Gasteiger charge is -2.08. The van der Waals surface area contributed by atoms with Gasteiger partial charge in [-0.05, 0) is 24.3 Å². The largest absolute Gasteiger partial charge is 0.477 e. The van der Waals surface area contributed by atoms with Gasteiger partial charge >= 0.3 is 5.69 Å². The van der Waals surface area contributed by atoms with Crippen molar-refractivity contribution >= 4 is 17.3 Å². The third kappa shape index (κ3) is 3.98. The summed E-state index contributed by atoms with van der Waals surface area (Å²) in [6.45, 7) is -0.583. The summed E-state index contributed by atoms with van der Waals surface area (Å²) in [5, 5.41) is 13.1. The lowest BCUT2D eigenvalue weighted by atomic mass is 10.3. The molecule has 114 valence electrons. The number of nitrogens with one attached hydrogen (secondary N) is 1. The second-order valence-corrected chi connectivity index (χ2v) is 4.22. The van der Waals surface area contributed by atoms with Crippen LogP contribution in [0.2, 0.25) is 0 Å². The summed E-state index contributed by atoms with van der Waals surface area (Å²) in [5.74, 6) is -2.28. The average molecular weight is 308 g/mol. The Morgan fingerprint density at radius 3 is 2.59 bits per heavy atom. The predicted molar refractivity (Wildman–Crippen MR) is 73.6 cm³/mol. The van der Waals surface area contributed by atoms with Gasteiger partial charge in [0.2, 0.25) is 5.75 Å². The van der Waals surface area contributed by atoms with Gasteiger partial charge in [0, 0.05) is 17.8 Å². The fraction of sp³-hybridized carbons (Fsp3) is 0.0714. The monoisotopic (exact) mass is 308 g/mol. The highest BCUT2D eigenvalue weighted by Crippen LogP contribution is 2.27. The van der Waals surface area contributed by atoms with Crippen molar-refractivity contribution in [2.75, 3.05) is 11.9 Å². The molecule has 0 saturated heterocycles. The van der Waals surface area contributed by atoms with Gasteiger partial charge in [0.25, 0.3) is 5.91 Å². The highest BCUT2D eigenvalue weighted by Gasteiger charge is 2.17. The molecule has 0 fully saturated rings. The third-order valence-corrected chi connectivity index (χ3v) is 2.59. The molecule has 0 atom stereocenters. The van der Waals surface area contributed by atoms with E-state index >= 15 is 0 Å². The average Bonchev–Trinajstić information content (AvgIpc) is 2.45. The van der Waals surface area contributed by atoms with Crippen molar-refractivity contribution in [1.82, 2.24) is 0 Å². The molecule has 1 N–H and O–H groups in total. The number of carbonyl (C=O) groups excluding carboxylic acids is 1. The van der Waals surface area contributed by atoms with Crippen LogP contribution in [0, 0.1) is 21.7 Å².